The Morgan fingerprint density at radius 3 is 2.59 bits per heavy atom. The minimum Gasteiger partial charge on any atom is -0.462 e. The summed E-state index contributed by atoms with van der Waals surface area (Å²) in [6, 6.07) is 13.6. The molecule has 2 amide bonds. The molecule has 5 nitrogen and oxygen atoms in total. The SMILES string of the molecule is CC1=C(C(=O)OCCc2ccccc2)C(c2cccc(Cl)c2Cl)NC(=O)N1. The van der Waals surface area contributed by atoms with E-state index in [9.17, 15) is 9.59 Å². The summed E-state index contributed by atoms with van der Waals surface area (Å²) in [6.07, 6.45) is 0.598. The van der Waals surface area contributed by atoms with Gasteiger partial charge in [-0.25, -0.2) is 9.59 Å². The first-order valence-corrected chi connectivity index (χ1v) is 9.16. The van der Waals surface area contributed by atoms with Gasteiger partial charge in [-0.2, -0.15) is 0 Å². The molecule has 27 heavy (non-hydrogen) atoms. The number of urea groups is 1. The lowest BCUT2D eigenvalue weighted by molar-refractivity contribution is -0.139. The molecule has 0 aliphatic carbocycles. The van der Waals surface area contributed by atoms with Crippen molar-refractivity contribution in [1.82, 2.24) is 10.6 Å². The zero-order valence-corrected chi connectivity index (χ0v) is 16.1. The maximum atomic E-state index is 12.7. The number of allylic oxidation sites excluding steroid dienone is 1. The molecular weight excluding hydrogens is 387 g/mol. The third kappa shape index (κ3) is 4.43. The largest absolute Gasteiger partial charge is 0.462 e. The minimum absolute atomic E-state index is 0.226. The molecule has 0 bridgehead atoms. The van der Waals surface area contributed by atoms with Gasteiger partial charge < -0.3 is 15.4 Å². The van der Waals surface area contributed by atoms with Crippen LogP contribution in [0.15, 0.2) is 59.8 Å². The fourth-order valence-corrected chi connectivity index (χ4v) is 3.34. The summed E-state index contributed by atoms with van der Waals surface area (Å²) >= 11 is 12.4. The molecule has 2 aromatic rings. The lowest BCUT2D eigenvalue weighted by Crippen LogP contribution is -2.45. The van der Waals surface area contributed by atoms with Crippen LogP contribution >= 0.6 is 23.2 Å². The second-order valence-electron chi connectivity index (χ2n) is 6.08. The summed E-state index contributed by atoms with van der Waals surface area (Å²) in [7, 11) is 0. The Kier molecular flexibility index (Phi) is 6.04. The van der Waals surface area contributed by atoms with E-state index in [-0.39, 0.29) is 11.6 Å². The number of hydrogen-bond donors (Lipinski definition) is 2. The molecule has 0 aromatic heterocycles. The smallest absolute Gasteiger partial charge is 0.338 e. The first-order valence-electron chi connectivity index (χ1n) is 8.40. The van der Waals surface area contributed by atoms with Gasteiger partial charge >= 0.3 is 12.0 Å². The Bertz CT molecular complexity index is 897. The number of ether oxygens (including phenoxy) is 1. The quantitative estimate of drug-likeness (QED) is 0.725. The van der Waals surface area contributed by atoms with Crippen molar-refractivity contribution < 1.29 is 14.3 Å². The minimum atomic E-state index is -0.742. The standard InChI is InChI=1S/C20H18Cl2N2O3/c1-12-16(19(25)27-11-10-13-6-3-2-4-7-13)18(24-20(26)23-12)14-8-5-9-15(21)17(14)22/h2-9,18H,10-11H2,1H3,(H2,23,24,26). The van der Waals surface area contributed by atoms with E-state index in [0.717, 1.165) is 5.56 Å². The number of carbonyl (C=O) groups is 2. The van der Waals surface area contributed by atoms with E-state index < -0.39 is 18.0 Å². The molecule has 1 aliphatic rings. The maximum Gasteiger partial charge on any atom is 0.338 e. The van der Waals surface area contributed by atoms with Gasteiger partial charge in [0.15, 0.2) is 0 Å². The van der Waals surface area contributed by atoms with Crippen LogP contribution in [0.25, 0.3) is 0 Å². The van der Waals surface area contributed by atoms with Crippen LogP contribution in [0.1, 0.15) is 24.1 Å². The Morgan fingerprint density at radius 1 is 1.11 bits per heavy atom. The number of halogens is 2. The van der Waals surface area contributed by atoms with E-state index >= 15 is 0 Å². The maximum absolute atomic E-state index is 12.7. The molecular formula is C20H18Cl2N2O3. The Morgan fingerprint density at radius 2 is 1.85 bits per heavy atom. The molecule has 3 rings (SSSR count). The van der Waals surface area contributed by atoms with Gasteiger partial charge in [-0.15, -0.1) is 0 Å². The summed E-state index contributed by atoms with van der Waals surface area (Å²) in [5.74, 6) is -0.517. The molecule has 1 atom stereocenters. The number of benzene rings is 2. The lowest BCUT2D eigenvalue weighted by Gasteiger charge is -2.28. The molecule has 140 valence electrons. The molecule has 0 fully saturated rings. The fraction of sp³-hybridized carbons (Fsp3) is 0.200. The van der Waals surface area contributed by atoms with Gasteiger partial charge in [0.25, 0.3) is 0 Å². The second kappa shape index (κ2) is 8.46. The van der Waals surface area contributed by atoms with Crippen molar-refractivity contribution in [2.24, 2.45) is 0 Å². The van der Waals surface area contributed by atoms with Crippen LogP contribution in [0.4, 0.5) is 4.79 Å². The molecule has 1 heterocycles. The fourth-order valence-electron chi connectivity index (χ4n) is 2.93. The highest BCUT2D eigenvalue weighted by Gasteiger charge is 2.33. The van der Waals surface area contributed by atoms with E-state index in [0.29, 0.717) is 28.3 Å². The Balaban J connectivity index is 1.81. The van der Waals surface area contributed by atoms with Gasteiger partial charge in [0.1, 0.15) is 0 Å². The van der Waals surface area contributed by atoms with Crippen molar-refractivity contribution in [1.29, 1.82) is 0 Å². The average molecular weight is 405 g/mol. The predicted molar refractivity (Wildman–Crippen MR) is 105 cm³/mol. The van der Waals surface area contributed by atoms with Crippen LogP contribution in [0.2, 0.25) is 10.0 Å². The molecule has 0 radical (unpaired) electrons. The highest BCUT2D eigenvalue weighted by atomic mass is 35.5. The van der Waals surface area contributed by atoms with E-state index in [1.807, 2.05) is 30.3 Å². The van der Waals surface area contributed by atoms with E-state index in [1.165, 1.54) is 0 Å². The number of amides is 2. The van der Waals surface area contributed by atoms with E-state index in [4.69, 9.17) is 27.9 Å². The van der Waals surface area contributed by atoms with Crippen LogP contribution in [0.5, 0.6) is 0 Å². The van der Waals surface area contributed by atoms with Crippen LogP contribution in [0, 0.1) is 0 Å². The van der Waals surface area contributed by atoms with Gasteiger partial charge in [0.05, 0.1) is 28.3 Å². The zero-order valence-electron chi connectivity index (χ0n) is 14.6. The van der Waals surface area contributed by atoms with Gasteiger partial charge in [-0.05, 0) is 24.1 Å². The lowest BCUT2D eigenvalue weighted by atomic mass is 9.95. The van der Waals surface area contributed by atoms with Crippen LogP contribution in [-0.4, -0.2) is 18.6 Å². The topological polar surface area (TPSA) is 67.4 Å². The first-order chi connectivity index (χ1) is 13.0. The Hall–Kier alpha value is -2.50. The first kappa shape index (κ1) is 19.3. The van der Waals surface area contributed by atoms with Crippen molar-refractivity contribution in [2.45, 2.75) is 19.4 Å². The molecule has 1 aliphatic heterocycles. The summed E-state index contributed by atoms with van der Waals surface area (Å²) in [5.41, 5.74) is 2.32. The van der Waals surface area contributed by atoms with Crippen molar-refractivity contribution in [3.05, 3.63) is 81.0 Å². The van der Waals surface area contributed by atoms with Crippen molar-refractivity contribution in [3.8, 4) is 0 Å². The van der Waals surface area contributed by atoms with Gasteiger partial charge in [-0.1, -0.05) is 65.7 Å². The zero-order chi connectivity index (χ0) is 19.4. The molecule has 1 unspecified atom stereocenters. The van der Waals surface area contributed by atoms with Crippen LogP contribution < -0.4 is 10.6 Å². The van der Waals surface area contributed by atoms with Crippen LogP contribution in [0.3, 0.4) is 0 Å². The molecule has 2 N–H and O–H groups in total. The van der Waals surface area contributed by atoms with E-state index in [1.54, 1.807) is 25.1 Å². The predicted octanol–water partition coefficient (Wildman–Crippen LogP) is 4.41. The number of rotatable bonds is 5. The van der Waals surface area contributed by atoms with Crippen molar-refractivity contribution in [3.63, 3.8) is 0 Å². The molecule has 0 spiro atoms. The third-order valence-corrected chi connectivity index (χ3v) is 5.08. The second-order valence-corrected chi connectivity index (χ2v) is 6.87. The van der Waals surface area contributed by atoms with Crippen molar-refractivity contribution in [2.75, 3.05) is 6.61 Å². The number of carbonyl (C=O) groups excluding carboxylic acids is 2. The number of nitrogens with one attached hydrogen (secondary N) is 2. The average Bonchev–Trinajstić information content (AvgIpc) is 2.64. The number of hydrogen-bond acceptors (Lipinski definition) is 3. The summed E-state index contributed by atoms with van der Waals surface area (Å²) < 4.78 is 5.45. The molecule has 7 heteroatoms. The normalized spacial score (nSPS) is 16.6. The van der Waals surface area contributed by atoms with Gasteiger partial charge in [-0.3, -0.25) is 0 Å². The highest BCUT2D eigenvalue weighted by Crippen LogP contribution is 2.35. The molecule has 0 saturated heterocycles. The van der Waals surface area contributed by atoms with Crippen LogP contribution in [-0.2, 0) is 16.0 Å². The van der Waals surface area contributed by atoms with E-state index in [2.05, 4.69) is 10.6 Å². The third-order valence-electron chi connectivity index (χ3n) is 4.25. The molecule has 0 saturated carbocycles. The Labute approximate surface area is 167 Å². The summed E-state index contributed by atoms with van der Waals surface area (Å²) in [5, 5.41) is 5.95. The molecule has 2 aromatic carbocycles. The monoisotopic (exact) mass is 404 g/mol. The van der Waals surface area contributed by atoms with Crippen molar-refractivity contribution >= 4 is 35.2 Å². The highest BCUT2D eigenvalue weighted by molar-refractivity contribution is 6.42. The summed E-state index contributed by atoms with van der Waals surface area (Å²) in [6.45, 7) is 1.88. The van der Waals surface area contributed by atoms with Gasteiger partial charge in [0, 0.05) is 12.1 Å². The van der Waals surface area contributed by atoms with Gasteiger partial charge in [0.2, 0.25) is 0 Å². The number of esters is 1. The summed E-state index contributed by atoms with van der Waals surface area (Å²) in [4.78, 5) is 24.7.